The lowest BCUT2D eigenvalue weighted by atomic mass is 9.91. The standard InChI is InChI=1S/C25H38O3P2/c1-14-18-13-24(5,6)26-21(18)15(2)29(14)19-11-9-10-12-20(19)30-16(3)22-23(17(30)4)28-25(7,8)27-22/h9-12,14-18,21-23H,13H2,1-8H3/t14-,15-,16-,17-,18+,21+,22+,23+,29?/m0/s1. The van der Waals surface area contributed by atoms with E-state index in [4.69, 9.17) is 14.2 Å². The van der Waals surface area contributed by atoms with Gasteiger partial charge in [-0.1, -0.05) is 67.8 Å². The maximum Gasteiger partial charge on any atom is 0.163 e. The predicted molar refractivity (Wildman–Crippen MR) is 128 cm³/mol. The van der Waals surface area contributed by atoms with Crippen molar-refractivity contribution < 1.29 is 14.2 Å². The van der Waals surface area contributed by atoms with Crippen molar-refractivity contribution in [2.24, 2.45) is 5.92 Å². The lowest BCUT2D eigenvalue weighted by molar-refractivity contribution is -0.147. The van der Waals surface area contributed by atoms with Crippen LogP contribution in [0.5, 0.6) is 0 Å². The molecule has 0 N–H and O–H groups in total. The molecule has 166 valence electrons. The molecule has 0 amide bonds. The second-order valence-electron chi connectivity index (χ2n) is 11.0. The number of ether oxygens (including phenoxy) is 3. The molecule has 0 aromatic heterocycles. The maximum absolute atomic E-state index is 6.58. The van der Waals surface area contributed by atoms with Gasteiger partial charge in [-0.3, -0.25) is 0 Å². The third-order valence-corrected chi connectivity index (χ3v) is 14.9. The first kappa shape index (κ1) is 21.8. The van der Waals surface area contributed by atoms with Crippen LogP contribution in [-0.4, -0.2) is 52.3 Å². The average Bonchev–Trinajstić information content (AvgIpc) is 3.29. The zero-order valence-electron chi connectivity index (χ0n) is 19.8. The molecule has 1 aromatic rings. The minimum Gasteiger partial charge on any atom is -0.371 e. The van der Waals surface area contributed by atoms with E-state index in [1.807, 2.05) is 0 Å². The van der Waals surface area contributed by atoms with Crippen molar-refractivity contribution >= 4 is 26.5 Å². The van der Waals surface area contributed by atoms with Crippen LogP contribution in [0.4, 0.5) is 0 Å². The van der Waals surface area contributed by atoms with Crippen LogP contribution in [0.15, 0.2) is 24.3 Å². The summed E-state index contributed by atoms with van der Waals surface area (Å²) in [6.07, 6.45) is 2.08. The molecule has 4 aliphatic heterocycles. The molecule has 4 fully saturated rings. The molecular weight excluding hydrogens is 410 g/mol. The highest BCUT2D eigenvalue weighted by Crippen LogP contribution is 2.65. The fourth-order valence-electron chi connectivity index (χ4n) is 6.85. The molecule has 5 rings (SSSR count). The fraction of sp³-hybridized carbons (Fsp3) is 0.760. The Labute approximate surface area is 185 Å². The summed E-state index contributed by atoms with van der Waals surface area (Å²) in [5.74, 6) is 0.256. The minimum absolute atomic E-state index is 0.0380. The van der Waals surface area contributed by atoms with Gasteiger partial charge in [0.05, 0.1) is 23.9 Å². The van der Waals surface area contributed by atoms with E-state index in [1.54, 1.807) is 10.6 Å². The molecular formula is C25H38O3P2. The second-order valence-corrected chi connectivity index (χ2v) is 16.9. The first-order chi connectivity index (χ1) is 14.0. The third kappa shape index (κ3) is 3.26. The topological polar surface area (TPSA) is 27.7 Å². The van der Waals surface area contributed by atoms with E-state index in [2.05, 4.69) is 79.7 Å². The van der Waals surface area contributed by atoms with E-state index in [0.717, 1.165) is 5.66 Å². The first-order valence-electron chi connectivity index (χ1n) is 11.7. The molecule has 0 saturated carbocycles. The summed E-state index contributed by atoms with van der Waals surface area (Å²) >= 11 is 0. The molecule has 1 unspecified atom stereocenters. The molecule has 5 heteroatoms. The molecule has 0 aliphatic carbocycles. The van der Waals surface area contributed by atoms with Crippen molar-refractivity contribution in [1.82, 2.24) is 0 Å². The normalized spacial score (nSPS) is 48.7. The van der Waals surface area contributed by atoms with Crippen molar-refractivity contribution in [1.29, 1.82) is 0 Å². The highest BCUT2D eigenvalue weighted by molar-refractivity contribution is 7.73. The Hall–Kier alpha value is -0.0400. The average molecular weight is 449 g/mol. The largest absolute Gasteiger partial charge is 0.371 e. The molecule has 30 heavy (non-hydrogen) atoms. The number of fused-ring (bicyclic) bond motifs is 2. The smallest absolute Gasteiger partial charge is 0.163 e. The van der Waals surface area contributed by atoms with Crippen LogP contribution >= 0.6 is 15.8 Å². The van der Waals surface area contributed by atoms with E-state index in [0.29, 0.717) is 29.0 Å². The summed E-state index contributed by atoms with van der Waals surface area (Å²) in [5, 5.41) is 3.27. The lowest BCUT2D eigenvalue weighted by Gasteiger charge is -2.34. The van der Waals surface area contributed by atoms with Crippen molar-refractivity contribution in [3.05, 3.63) is 24.3 Å². The van der Waals surface area contributed by atoms with Gasteiger partial charge in [0.25, 0.3) is 0 Å². The van der Waals surface area contributed by atoms with Crippen molar-refractivity contribution in [3.8, 4) is 0 Å². The van der Waals surface area contributed by atoms with Crippen LogP contribution in [0, 0.1) is 5.92 Å². The van der Waals surface area contributed by atoms with Crippen LogP contribution < -0.4 is 10.6 Å². The van der Waals surface area contributed by atoms with Crippen LogP contribution in [0.3, 0.4) is 0 Å². The molecule has 4 saturated heterocycles. The summed E-state index contributed by atoms with van der Waals surface area (Å²) in [6, 6.07) is 9.39. The lowest BCUT2D eigenvalue weighted by Crippen LogP contribution is -2.33. The Bertz CT molecular complexity index is 717. The van der Waals surface area contributed by atoms with Crippen molar-refractivity contribution in [3.63, 3.8) is 0 Å². The zero-order chi connectivity index (χ0) is 21.6. The van der Waals surface area contributed by atoms with Gasteiger partial charge in [-0.25, -0.2) is 0 Å². The Morgan fingerprint density at radius 1 is 0.700 bits per heavy atom. The van der Waals surface area contributed by atoms with E-state index in [-0.39, 0.29) is 33.7 Å². The van der Waals surface area contributed by atoms with Gasteiger partial charge < -0.3 is 14.2 Å². The monoisotopic (exact) mass is 448 g/mol. The molecule has 4 heterocycles. The van der Waals surface area contributed by atoms with Gasteiger partial charge in [-0.2, -0.15) is 0 Å². The Balaban J connectivity index is 1.48. The molecule has 0 bridgehead atoms. The summed E-state index contributed by atoms with van der Waals surface area (Å²) in [4.78, 5) is 0. The van der Waals surface area contributed by atoms with E-state index in [1.165, 1.54) is 6.42 Å². The first-order valence-corrected chi connectivity index (χ1v) is 14.7. The molecule has 1 aromatic carbocycles. The molecule has 3 nitrogen and oxygen atoms in total. The molecule has 0 radical (unpaired) electrons. The third-order valence-electron chi connectivity index (χ3n) is 8.01. The summed E-state index contributed by atoms with van der Waals surface area (Å²) in [6.45, 7) is 18.4. The van der Waals surface area contributed by atoms with Crippen LogP contribution in [-0.2, 0) is 14.2 Å². The van der Waals surface area contributed by atoms with Gasteiger partial charge in [-0.05, 0) is 56.3 Å². The number of benzene rings is 1. The van der Waals surface area contributed by atoms with Gasteiger partial charge in [0.2, 0.25) is 0 Å². The minimum atomic E-state index is -0.445. The Morgan fingerprint density at radius 3 is 1.67 bits per heavy atom. The van der Waals surface area contributed by atoms with Crippen molar-refractivity contribution in [2.75, 3.05) is 0 Å². The zero-order valence-corrected chi connectivity index (χ0v) is 21.5. The summed E-state index contributed by atoms with van der Waals surface area (Å²) in [5.41, 5.74) is 2.44. The van der Waals surface area contributed by atoms with Gasteiger partial charge in [0.15, 0.2) is 5.79 Å². The highest BCUT2D eigenvalue weighted by atomic mass is 31.1. The van der Waals surface area contributed by atoms with E-state index >= 15 is 0 Å². The van der Waals surface area contributed by atoms with E-state index in [9.17, 15) is 0 Å². The highest BCUT2D eigenvalue weighted by Gasteiger charge is 2.58. The molecule has 4 aliphatic rings. The maximum atomic E-state index is 6.58. The quantitative estimate of drug-likeness (QED) is 0.583. The Kier molecular flexibility index (Phi) is 5.25. The van der Waals surface area contributed by atoms with Gasteiger partial charge in [0, 0.05) is 17.0 Å². The molecule has 0 spiro atoms. The summed E-state index contributed by atoms with van der Waals surface area (Å²) < 4.78 is 19.3. The second kappa shape index (κ2) is 7.23. The van der Waals surface area contributed by atoms with Gasteiger partial charge in [0.1, 0.15) is 0 Å². The van der Waals surface area contributed by atoms with Gasteiger partial charge >= 0.3 is 0 Å². The predicted octanol–water partition coefficient (Wildman–Crippen LogP) is 5.19. The molecule has 9 atom stereocenters. The van der Waals surface area contributed by atoms with Crippen LogP contribution in [0.1, 0.15) is 61.8 Å². The Morgan fingerprint density at radius 2 is 1.17 bits per heavy atom. The van der Waals surface area contributed by atoms with Crippen LogP contribution in [0.25, 0.3) is 0 Å². The van der Waals surface area contributed by atoms with Gasteiger partial charge in [-0.15, -0.1) is 0 Å². The number of hydrogen-bond acceptors (Lipinski definition) is 3. The van der Waals surface area contributed by atoms with E-state index < -0.39 is 5.79 Å². The van der Waals surface area contributed by atoms with Crippen LogP contribution in [0.2, 0.25) is 0 Å². The summed E-state index contributed by atoms with van der Waals surface area (Å²) in [7, 11) is -0.557. The number of rotatable bonds is 2. The SMILES string of the molecule is C[C@H]1[C@H]2CC(C)(C)O[C@@H]2[C@H](C)P1c1ccccc1P1[C@@H](C)[C@H]2OC(C)(C)O[C@@H]2[C@@H]1C. The fourth-order valence-corrected chi connectivity index (χ4v) is 14.4. The van der Waals surface area contributed by atoms with Crippen molar-refractivity contribution in [2.45, 2.75) is 114 Å². The number of hydrogen-bond donors (Lipinski definition) is 0.